The van der Waals surface area contributed by atoms with Crippen molar-refractivity contribution < 1.29 is 4.42 Å². The first-order valence-corrected chi connectivity index (χ1v) is 15.2. The highest BCUT2D eigenvalue weighted by atomic mass is 79.9. The molecular weight excluding hydrogens is 590 g/mol. The molecule has 0 atom stereocenters. The topological polar surface area (TPSA) is 18.1 Å². The molecule has 202 valence electrons. The summed E-state index contributed by atoms with van der Waals surface area (Å²) in [4.78, 5) is 0. The van der Waals surface area contributed by atoms with Gasteiger partial charge in [-0.1, -0.05) is 94.8 Å². The van der Waals surface area contributed by atoms with Crippen molar-refractivity contribution in [2.75, 3.05) is 0 Å². The van der Waals surface area contributed by atoms with Gasteiger partial charge in [-0.15, -0.1) is 0 Å². The number of fused-ring (bicyclic) bond motifs is 7. The maximum absolute atomic E-state index is 6.08. The predicted octanol–water partition coefficient (Wildman–Crippen LogP) is 11.9. The van der Waals surface area contributed by atoms with E-state index in [0.717, 1.165) is 37.5 Å². The third-order valence-electron chi connectivity index (χ3n) is 8.60. The zero-order valence-corrected chi connectivity index (χ0v) is 24.7. The molecule has 2 nitrogen and oxygen atoms in total. The number of aromatic nitrogens is 1. The summed E-state index contributed by atoms with van der Waals surface area (Å²) in [5.74, 6) is 0. The number of benzene rings is 7. The molecule has 2 heterocycles. The molecular formula is C40H24BrNO. The van der Waals surface area contributed by atoms with E-state index in [1.807, 2.05) is 12.1 Å². The summed E-state index contributed by atoms with van der Waals surface area (Å²) in [6.07, 6.45) is 0. The van der Waals surface area contributed by atoms with Crippen molar-refractivity contribution >= 4 is 70.4 Å². The highest BCUT2D eigenvalue weighted by Gasteiger charge is 2.15. The van der Waals surface area contributed by atoms with Crippen LogP contribution in [0.4, 0.5) is 0 Å². The average molecular weight is 615 g/mol. The minimum Gasteiger partial charge on any atom is -0.456 e. The number of furan rings is 1. The van der Waals surface area contributed by atoms with Gasteiger partial charge in [-0.3, -0.25) is 0 Å². The molecule has 9 aromatic rings. The predicted molar refractivity (Wildman–Crippen MR) is 184 cm³/mol. The second kappa shape index (κ2) is 9.45. The summed E-state index contributed by atoms with van der Waals surface area (Å²) < 4.78 is 9.52. The fourth-order valence-electron chi connectivity index (χ4n) is 6.58. The van der Waals surface area contributed by atoms with Crippen molar-refractivity contribution in [1.29, 1.82) is 0 Å². The third-order valence-corrected chi connectivity index (χ3v) is 9.06. The summed E-state index contributed by atoms with van der Waals surface area (Å²) in [5.41, 5.74) is 10.1. The van der Waals surface area contributed by atoms with Gasteiger partial charge in [0, 0.05) is 31.7 Å². The minimum absolute atomic E-state index is 0.911. The van der Waals surface area contributed by atoms with Crippen LogP contribution in [0.25, 0.3) is 82.5 Å². The standard InChI is InChI=1S/C40H24BrNO/c41-31-20-29(19-30(21-31)28-15-18-40-36(24-28)34-10-4-6-12-39(34)43-40)27-14-17-38-35(23-27)33-9-3-5-11-37(33)42(38)32-16-13-25-7-1-2-8-26(25)22-32/h1-24H. The van der Waals surface area contributed by atoms with Crippen LogP contribution in [-0.4, -0.2) is 4.57 Å². The second-order valence-electron chi connectivity index (χ2n) is 11.2. The molecule has 0 N–H and O–H groups in total. The van der Waals surface area contributed by atoms with E-state index in [0.29, 0.717) is 0 Å². The number of halogens is 1. The number of nitrogens with zero attached hydrogens (tertiary/aromatic N) is 1. The smallest absolute Gasteiger partial charge is 0.135 e. The molecule has 0 radical (unpaired) electrons. The summed E-state index contributed by atoms with van der Waals surface area (Å²) in [5, 5.41) is 7.26. The van der Waals surface area contributed by atoms with E-state index in [1.165, 1.54) is 49.4 Å². The lowest BCUT2D eigenvalue weighted by molar-refractivity contribution is 0.669. The maximum atomic E-state index is 6.08. The molecule has 43 heavy (non-hydrogen) atoms. The molecule has 3 heteroatoms. The zero-order chi connectivity index (χ0) is 28.5. The summed E-state index contributed by atoms with van der Waals surface area (Å²) in [6, 6.07) is 52.2. The minimum atomic E-state index is 0.911. The number of hydrogen-bond donors (Lipinski definition) is 0. The van der Waals surface area contributed by atoms with Crippen LogP contribution in [0.2, 0.25) is 0 Å². The van der Waals surface area contributed by atoms with Crippen molar-refractivity contribution in [3.8, 4) is 27.9 Å². The van der Waals surface area contributed by atoms with Gasteiger partial charge >= 0.3 is 0 Å². The molecule has 2 aromatic heterocycles. The van der Waals surface area contributed by atoms with Crippen molar-refractivity contribution in [2.45, 2.75) is 0 Å². The summed E-state index contributed by atoms with van der Waals surface area (Å²) in [6.45, 7) is 0. The van der Waals surface area contributed by atoms with Gasteiger partial charge in [-0.2, -0.15) is 0 Å². The van der Waals surface area contributed by atoms with Crippen LogP contribution in [0, 0.1) is 0 Å². The normalized spacial score (nSPS) is 11.8. The quantitative estimate of drug-likeness (QED) is 0.194. The first-order chi connectivity index (χ1) is 21.2. The summed E-state index contributed by atoms with van der Waals surface area (Å²) >= 11 is 3.81. The van der Waals surface area contributed by atoms with Gasteiger partial charge in [0.05, 0.1) is 11.0 Å². The Bertz CT molecular complexity index is 2530. The molecule has 0 spiro atoms. The van der Waals surface area contributed by atoms with E-state index in [9.17, 15) is 0 Å². The highest BCUT2D eigenvalue weighted by Crippen LogP contribution is 2.38. The van der Waals surface area contributed by atoms with Crippen molar-refractivity contribution in [3.63, 3.8) is 0 Å². The van der Waals surface area contributed by atoms with Crippen LogP contribution in [0.3, 0.4) is 0 Å². The van der Waals surface area contributed by atoms with Gasteiger partial charge < -0.3 is 8.98 Å². The highest BCUT2D eigenvalue weighted by molar-refractivity contribution is 9.10. The lowest BCUT2D eigenvalue weighted by Gasteiger charge is -2.11. The van der Waals surface area contributed by atoms with Crippen LogP contribution in [0.1, 0.15) is 0 Å². The largest absolute Gasteiger partial charge is 0.456 e. The van der Waals surface area contributed by atoms with Crippen molar-refractivity contribution in [3.05, 3.63) is 150 Å². The van der Waals surface area contributed by atoms with Crippen LogP contribution in [-0.2, 0) is 0 Å². The van der Waals surface area contributed by atoms with Crippen molar-refractivity contribution in [1.82, 2.24) is 4.57 Å². The van der Waals surface area contributed by atoms with E-state index < -0.39 is 0 Å². The monoisotopic (exact) mass is 613 g/mol. The second-order valence-corrected chi connectivity index (χ2v) is 12.1. The number of para-hydroxylation sites is 2. The third kappa shape index (κ3) is 3.93. The molecule has 0 amide bonds. The van der Waals surface area contributed by atoms with E-state index >= 15 is 0 Å². The fourth-order valence-corrected chi connectivity index (χ4v) is 7.07. The van der Waals surface area contributed by atoms with Crippen LogP contribution < -0.4 is 0 Å². The van der Waals surface area contributed by atoms with E-state index in [1.54, 1.807) is 0 Å². The molecule has 9 rings (SSSR count). The zero-order valence-electron chi connectivity index (χ0n) is 23.1. The van der Waals surface area contributed by atoms with Crippen LogP contribution >= 0.6 is 15.9 Å². The Hall–Kier alpha value is -5.12. The Morgan fingerprint density at radius 3 is 1.93 bits per heavy atom. The molecule has 0 aliphatic rings. The lowest BCUT2D eigenvalue weighted by Crippen LogP contribution is -1.93. The van der Waals surface area contributed by atoms with E-state index in [4.69, 9.17) is 4.42 Å². The van der Waals surface area contributed by atoms with Gasteiger partial charge in [0.2, 0.25) is 0 Å². The molecule has 0 saturated carbocycles. The molecule has 0 aliphatic heterocycles. The Morgan fingerprint density at radius 2 is 1.07 bits per heavy atom. The van der Waals surface area contributed by atoms with Gasteiger partial charge in [-0.25, -0.2) is 0 Å². The van der Waals surface area contributed by atoms with Gasteiger partial charge in [-0.05, 0) is 99.8 Å². The Labute approximate surface area is 256 Å². The first kappa shape index (κ1) is 24.5. The van der Waals surface area contributed by atoms with E-state index in [2.05, 4.69) is 154 Å². The molecule has 0 fully saturated rings. The van der Waals surface area contributed by atoms with E-state index in [-0.39, 0.29) is 0 Å². The molecule has 7 aromatic carbocycles. The Morgan fingerprint density at radius 1 is 0.419 bits per heavy atom. The van der Waals surface area contributed by atoms with Gasteiger partial charge in [0.25, 0.3) is 0 Å². The first-order valence-electron chi connectivity index (χ1n) is 14.4. The van der Waals surface area contributed by atoms with Crippen LogP contribution in [0.15, 0.2) is 154 Å². The summed E-state index contributed by atoms with van der Waals surface area (Å²) in [7, 11) is 0. The molecule has 0 saturated heterocycles. The van der Waals surface area contributed by atoms with Crippen LogP contribution in [0.5, 0.6) is 0 Å². The molecule has 0 aliphatic carbocycles. The van der Waals surface area contributed by atoms with Crippen molar-refractivity contribution in [2.24, 2.45) is 0 Å². The Kier molecular flexibility index (Phi) is 5.38. The van der Waals surface area contributed by atoms with Gasteiger partial charge in [0.1, 0.15) is 11.2 Å². The fraction of sp³-hybridized carbons (Fsp3) is 0. The Balaban J connectivity index is 1.20. The average Bonchev–Trinajstić information content (AvgIpc) is 3.59. The lowest BCUT2D eigenvalue weighted by atomic mass is 9.97. The molecule has 0 unspecified atom stereocenters. The van der Waals surface area contributed by atoms with Gasteiger partial charge in [0.15, 0.2) is 0 Å². The molecule has 0 bridgehead atoms. The SMILES string of the molecule is Brc1cc(-c2ccc3oc4ccccc4c3c2)cc(-c2ccc3c(c2)c2ccccc2n3-c2ccc3ccccc3c2)c1. The number of rotatable bonds is 3. The maximum Gasteiger partial charge on any atom is 0.135 e. The number of hydrogen-bond acceptors (Lipinski definition) is 1.